The van der Waals surface area contributed by atoms with E-state index < -0.39 is 5.41 Å². The van der Waals surface area contributed by atoms with E-state index in [4.69, 9.17) is 4.98 Å². The maximum absolute atomic E-state index is 5.04. The quantitative estimate of drug-likeness (QED) is 0.112. The third kappa shape index (κ3) is 8.69. The number of fused-ring (bicyclic) bond motifs is 4. The SMILES string of the molecule is CN(c1[c-]c(N2[CH-]N(c3cc(C(C)(C)C)cc(C(C)(C)C)c3)c3ccccc32)ccc1)c1[c-]c2c(cc1)c1cc(C(C)(c3ccccc3)c3ccccc3)ccc1n2-c1cc(C(C)(C)C)ccn1.[Pt]. The first-order chi connectivity index (χ1) is 32.4. The molecule has 69 heavy (non-hydrogen) atoms. The first-order valence-corrected chi connectivity index (χ1v) is 23.9. The van der Waals surface area contributed by atoms with Crippen molar-refractivity contribution in [2.45, 2.75) is 90.9 Å². The zero-order valence-corrected chi connectivity index (χ0v) is 44.1. The molecule has 0 amide bonds. The van der Waals surface area contributed by atoms with Gasteiger partial charge < -0.3 is 19.3 Å². The van der Waals surface area contributed by atoms with Crippen LogP contribution < -0.4 is 14.7 Å². The number of hydrogen-bond acceptors (Lipinski definition) is 4. The number of anilines is 6. The van der Waals surface area contributed by atoms with Crippen molar-refractivity contribution in [1.29, 1.82) is 0 Å². The van der Waals surface area contributed by atoms with Crippen LogP contribution in [0.5, 0.6) is 0 Å². The molecule has 352 valence electrons. The van der Waals surface area contributed by atoms with Crippen molar-refractivity contribution >= 4 is 55.9 Å². The zero-order chi connectivity index (χ0) is 47.8. The topological polar surface area (TPSA) is 27.5 Å². The molecule has 9 aromatic rings. The van der Waals surface area contributed by atoms with Crippen LogP contribution in [0.1, 0.15) is 103 Å². The molecule has 0 radical (unpaired) electrons. The van der Waals surface area contributed by atoms with Crippen LogP contribution in [-0.4, -0.2) is 16.6 Å². The molecule has 0 N–H and O–H groups in total. The van der Waals surface area contributed by atoms with Crippen molar-refractivity contribution < 1.29 is 21.1 Å². The monoisotopic (exact) mass is 1080 g/mol. The van der Waals surface area contributed by atoms with E-state index in [2.05, 4.69) is 278 Å². The maximum atomic E-state index is 5.04. The molecule has 1 aliphatic heterocycles. The van der Waals surface area contributed by atoms with Crippen LogP contribution in [0.4, 0.5) is 34.1 Å². The minimum atomic E-state index is -0.392. The molecule has 0 bridgehead atoms. The number of benzene rings is 7. The molecular weight excluding hydrogens is 1020 g/mol. The van der Waals surface area contributed by atoms with Crippen LogP contribution in [0.25, 0.3) is 27.6 Å². The summed E-state index contributed by atoms with van der Waals surface area (Å²) in [5, 5.41) is 2.28. The number of hydrogen-bond donors (Lipinski definition) is 0. The summed E-state index contributed by atoms with van der Waals surface area (Å²) in [6.45, 7) is 25.1. The normalized spacial score (nSPS) is 13.2. The summed E-state index contributed by atoms with van der Waals surface area (Å²) in [4.78, 5) is 11.8. The summed E-state index contributed by atoms with van der Waals surface area (Å²) < 4.78 is 2.30. The third-order valence-electron chi connectivity index (χ3n) is 14.1. The van der Waals surface area contributed by atoms with E-state index in [0.717, 1.165) is 61.7 Å². The molecule has 1 aliphatic rings. The first kappa shape index (κ1) is 47.6. The van der Waals surface area contributed by atoms with E-state index in [0.29, 0.717) is 0 Å². The number of para-hydroxylation sites is 2. The Kier molecular flexibility index (Phi) is 12.3. The predicted molar refractivity (Wildman–Crippen MR) is 287 cm³/mol. The van der Waals surface area contributed by atoms with Gasteiger partial charge in [-0.25, -0.2) is 4.98 Å². The Balaban J connectivity index is 0.00000593. The number of pyridine rings is 1. The second kappa shape index (κ2) is 17.8. The van der Waals surface area contributed by atoms with E-state index in [1.54, 1.807) is 0 Å². The summed E-state index contributed by atoms with van der Waals surface area (Å²) in [6.07, 6.45) is 1.94. The Morgan fingerprint density at radius 1 is 0.478 bits per heavy atom. The van der Waals surface area contributed by atoms with Crippen LogP contribution in [-0.2, 0) is 42.7 Å². The van der Waals surface area contributed by atoms with Crippen LogP contribution in [0.3, 0.4) is 0 Å². The van der Waals surface area contributed by atoms with Gasteiger partial charge in [-0.05, 0) is 104 Å². The van der Waals surface area contributed by atoms with Gasteiger partial charge in [-0.3, -0.25) is 0 Å². The van der Waals surface area contributed by atoms with Gasteiger partial charge in [-0.1, -0.05) is 170 Å². The van der Waals surface area contributed by atoms with Crippen LogP contribution in [0.2, 0.25) is 0 Å². The summed E-state index contributed by atoms with van der Waals surface area (Å²) >= 11 is 0. The average Bonchev–Trinajstić information content (AvgIpc) is 3.89. The fraction of sp³-hybridized carbons (Fsp3) is 0.238. The smallest absolute Gasteiger partial charge is 0.135 e. The molecule has 0 saturated carbocycles. The van der Waals surface area contributed by atoms with Crippen molar-refractivity contribution in [3.8, 4) is 5.82 Å². The third-order valence-corrected chi connectivity index (χ3v) is 14.1. The molecule has 10 rings (SSSR count). The predicted octanol–water partition coefficient (Wildman–Crippen LogP) is 16.2. The molecular formula is C63H62N5Pt-3. The van der Waals surface area contributed by atoms with Gasteiger partial charge in [0.25, 0.3) is 0 Å². The van der Waals surface area contributed by atoms with E-state index in [1.165, 1.54) is 33.4 Å². The van der Waals surface area contributed by atoms with E-state index in [-0.39, 0.29) is 37.3 Å². The Morgan fingerprint density at radius 3 is 1.67 bits per heavy atom. The molecule has 0 aliphatic carbocycles. The van der Waals surface area contributed by atoms with E-state index >= 15 is 0 Å². The van der Waals surface area contributed by atoms with E-state index in [1.807, 2.05) is 6.20 Å². The van der Waals surface area contributed by atoms with Crippen molar-refractivity contribution in [2.24, 2.45) is 0 Å². The van der Waals surface area contributed by atoms with Gasteiger partial charge in [0, 0.05) is 62.3 Å². The Morgan fingerprint density at radius 2 is 1.06 bits per heavy atom. The summed E-state index contributed by atoms with van der Waals surface area (Å²) in [6, 6.07) is 67.5. The van der Waals surface area contributed by atoms with Gasteiger partial charge in [0.2, 0.25) is 0 Å². The first-order valence-electron chi connectivity index (χ1n) is 23.9. The summed E-state index contributed by atoms with van der Waals surface area (Å²) in [7, 11) is 2.11. The molecule has 0 fully saturated rings. The van der Waals surface area contributed by atoms with Crippen LogP contribution in [0.15, 0.2) is 170 Å². The number of nitrogens with zero attached hydrogens (tertiary/aromatic N) is 5. The Bertz CT molecular complexity index is 3240. The Labute approximate surface area is 424 Å². The second-order valence-electron chi connectivity index (χ2n) is 21.8. The summed E-state index contributed by atoms with van der Waals surface area (Å²) in [5.74, 6) is 0.874. The fourth-order valence-corrected chi connectivity index (χ4v) is 9.76. The fourth-order valence-electron chi connectivity index (χ4n) is 9.76. The number of aromatic nitrogens is 2. The van der Waals surface area contributed by atoms with Crippen molar-refractivity contribution in [3.63, 3.8) is 0 Å². The minimum Gasteiger partial charge on any atom is -0.493 e. The minimum absolute atomic E-state index is 0. The van der Waals surface area contributed by atoms with Gasteiger partial charge in [-0.2, -0.15) is 12.1 Å². The molecule has 0 atom stereocenters. The molecule has 7 aromatic carbocycles. The number of rotatable bonds is 8. The molecule has 0 spiro atoms. The zero-order valence-electron chi connectivity index (χ0n) is 41.8. The average molecular weight is 1080 g/mol. The van der Waals surface area contributed by atoms with Crippen molar-refractivity contribution in [2.75, 3.05) is 21.7 Å². The maximum Gasteiger partial charge on any atom is 0.135 e. The van der Waals surface area contributed by atoms with Crippen molar-refractivity contribution in [3.05, 3.63) is 222 Å². The largest absolute Gasteiger partial charge is 0.493 e. The molecule has 2 aromatic heterocycles. The van der Waals surface area contributed by atoms with Gasteiger partial charge in [-0.15, -0.1) is 48.1 Å². The molecule has 3 heterocycles. The molecule has 6 heteroatoms. The molecule has 5 nitrogen and oxygen atoms in total. The van der Waals surface area contributed by atoms with Crippen LogP contribution >= 0.6 is 0 Å². The molecule has 0 saturated heterocycles. The van der Waals surface area contributed by atoms with Gasteiger partial charge in [0.05, 0.1) is 0 Å². The van der Waals surface area contributed by atoms with Gasteiger partial charge in [0.15, 0.2) is 0 Å². The molecule has 0 unspecified atom stereocenters. The standard InChI is InChI=1S/C63H62N5.Pt/c1-60(2,3)45-33-34-64-59(39-45)68-55-32-29-46(63(10,43-21-14-12-15-22-43)44-23-16-13-17-24-44)38-54(55)53-31-30-50(41-58(53)68)65(11)49-25-20-26-51(40-49)66-42-67(57-28-19-18-27-56(57)66)52-36-47(61(4,5)6)35-48(37-52)62(7,8)9;/h12-39,42H,1-11H3;/q-3;. The Hall–Kier alpha value is -6.42. The van der Waals surface area contributed by atoms with Crippen LogP contribution in [0, 0.1) is 18.8 Å². The second-order valence-corrected chi connectivity index (χ2v) is 21.8. The summed E-state index contributed by atoms with van der Waals surface area (Å²) in [5.41, 5.74) is 15.4. The van der Waals surface area contributed by atoms with Gasteiger partial charge in [0.1, 0.15) is 5.82 Å². The van der Waals surface area contributed by atoms with E-state index in [9.17, 15) is 0 Å². The van der Waals surface area contributed by atoms with Gasteiger partial charge >= 0.3 is 0 Å². The van der Waals surface area contributed by atoms with Crippen molar-refractivity contribution in [1.82, 2.24) is 9.55 Å².